The van der Waals surface area contributed by atoms with Crippen molar-refractivity contribution < 1.29 is 9.59 Å². The summed E-state index contributed by atoms with van der Waals surface area (Å²) in [6.45, 7) is 1.46. The molecule has 2 aromatic rings. The monoisotopic (exact) mass is 334 g/mol. The third-order valence-corrected chi connectivity index (χ3v) is 4.18. The van der Waals surface area contributed by atoms with E-state index in [1.54, 1.807) is 35.2 Å². The maximum atomic E-state index is 12.5. The van der Waals surface area contributed by atoms with Crippen LogP contribution in [0.2, 0.25) is 0 Å². The van der Waals surface area contributed by atoms with Crippen LogP contribution >= 0.6 is 0 Å². The number of amides is 2. The quantitative estimate of drug-likeness (QED) is 0.935. The first-order valence-electron chi connectivity index (χ1n) is 8.25. The molecule has 0 spiro atoms. The van der Waals surface area contributed by atoms with E-state index < -0.39 is 0 Å². The lowest BCUT2D eigenvalue weighted by Crippen LogP contribution is -2.36. The van der Waals surface area contributed by atoms with E-state index >= 15 is 0 Å². The summed E-state index contributed by atoms with van der Waals surface area (Å²) in [7, 11) is 0. The van der Waals surface area contributed by atoms with Crippen LogP contribution in [0.1, 0.15) is 45.7 Å². The molecule has 1 aliphatic rings. The molecule has 0 atom stereocenters. The maximum absolute atomic E-state index is 12.5. The van der Waals surface area contributed by atoms with Crippen molar-refractivity contribution in [2.75, 3.05) is 18.4 Å². The Morgan fingerprint density at radius 1 is 1.12 bits per heavy atom. The minimum Gasteiger partial charge on any atom is -0.337 e. The average molecular weight is 334 g/mol. The lowest BCUT2D eigenvalue weighted by molar-refractivity contribution is 0.0718. The number of nitriles is 1. The second-order valence-electron chi connectivity index (χ2n) is 5.89. The maximum Gasteiger partial charge on any atom is 0.272 e. The summed E-state index contributed by atoms with van der Waals surface area (Å²) in [6.07, 6.45) is 4.59. The van der Waals surface area contributed by atoms with E-state index in [1.807, 2.05) is 6.07 Å². The summed E-state index contributed by atoms with van der Waals surface area (Å²) < 4.78 is 0. The van der Waals surface area contributed by atoms with Gasteiger partial charge in [-0.25, -0.2) is 0 Å². The number of aromatic nitrogens is 1. The zero-order valence-electron chi connectivity index (χ0n) is 13.7. The number of rotatable bonds is 3. The number of nitrogens with zero attached hydrogens (tertiary/aromatic N) is 3. The molecule has 6 heteroatoms. The molecule has 126 valence electrons. The van der Waals surface area contributed by atoms with Crippen molar-refractivity contribution in [1.82, 2.24) is 9.88 Å². The zero-order valence-corrected chi connectivity index (χ0v) is 13.7. The van der Waals surface area contributed by atoms with E-state index in [1.165, 1.54) is 12.3 Å². The molecular formula is C19H18N4O2. The zero-order chi connectivity index (χ0) is 17.6. The first-order valence-corrected chi connectivity index (χ1v) is 8.25. The molecule has 0 aliphatic carbocycles. The number of hydrogen-bond donors (Lipinski definition) is 1. The normalized spacial score (nSPS) is 13.8. The smallest absolute Gasteiger partial charge is 0.272 e. The Labute approximate surface area is 146 Å². The number of benzene rings is 1. The summed E-state index contributed by atoms with van der Waals surface area (Å²) >= 11 is 0. The molecule has 6 nitrogen and oxygen atoms in total. The van der Waals surface area contributed by atoms with Gasteiger partial charge in [-0.3, -0.25) is 14.6 Å². The number of nitrogens with one attached hydrogen (secondary N) is 1. The second-order valence-corrected chi connectivity index (χ2v) is 5.89. The Morgan fingerprint density at radius 3 is 2.64 bits per heavy atom. The molecule has 0 radical (unpaired) electrons. The van der Waals surface area contributed by atoms with Crippen LogP contribution in [0.15, 0.2) is 42.6 Å². The first kappa shape index (κ1) is 16.7. The van der Waals surface area contributed by atoms with Gasteiger partial charge in [-0.1, -0.05) is 12.1 Å². The summed E-state index contributed by atoms with van der Waals surface area (Å²) in [4.78, 5) is 30.9. The van der Waals surface area contributed by atoms with Gasteiger partial charge in [0.25, 0.3) is 11.8 Å². The first-order chi connectivity index (χ1) is 12.2. The van der Waals surface area contributed by atoms with Crippen LogP contribution in [0.25, 0.3) is 0 Å². The highest BCUT2D eigenvalue weighted by molar-refractivity contribution is 6.06. The van der Waals surface area contributed by atoms with Gasteiger partial charge in [0.2, 0.25) is 0 Å². The van der Waals surface area contributed by atoms with E-state index in [2.05, 4.69) is 10.3 Å². The van der Waals surface area contributed by atoms with Crippen molar-refractivity contribution >= 4 is 17.5 Å². The third-order valence-electron chi connectivity index (χ3n) is 4.18. The second kappa shape index (κ2) is 7.58. The fourth-order valence-electron chi connectivity index (χ4n) is 2.83. The van der Waals surface area contributed by atoms with Crippen molar-refractivity contribution in [3.05, 3.63) is 59.4 Å². The fourth-order valence-corrected chi connectivity index (χ4v) is 2.83. The van der Waals surface area contributed by atoms with Crippen LogP contribution < -0.4 is 5.32 Å². The van der Waals surface area contributed by atoms with Gasteiger partial charge in [-0.2, -0.15) is 5.26 Å². The highest BCUT2D eigenvalue weighted by atomic mass is 16.2. The minimum atomic E-state index is -0.377. The molecule has 25 heavy (non-hydrogen) atoms. The van der Waals surface area contributed by atoms with Gasteiger partial charge in [0.15, 0.2) is 0 Å². The Morgan fingerprint density at radius 2 is 1.88 bits per heavy atom. The Balaban J connectivity index is 1.77. The summed E-state index contributed by atoms with van der Waals surface area (Å²) in [5, 5.41) is 11.8. The Bertz CT molecular complexity index is 835. The van der Waals surface area contributed by atoms with Gasteiger partial charge >= 0.3 is 0 Å². The number of hydrogen-bond acceptors (Lipinski definition) is 4. The molecule has 1 aromatic heterocycles. The number of para-hydroxylation sites is 1. The molecule has 3 rings (SSSR count). The van der Waals surface area contributed by atoms with E-state index in [-0.39, 0.29) is 17.5 Å². The van der Waals surface area contributed by atoms with Crippen LogP contribution in [0.4, 0.5) is 5.69 Å². The van der Waals surface area contributed by atoms with Crippen LogP contribution in [0.5, 0.6) is 0 Å². The number of likely N-dealkylation sites (tertiary alicyclic amines) is 1. The topological polar surface area (TPSA) is 86.1 Å². The Hall–Kier alpha value is -3.20. The van der Waals surface area contributed by atoms with Crippen LogP contribution in [0.3, 0.4) is 0 Å². The van der Waals surface area contributed by atoms with Crippen molar-refractivity contribution in [3.63, 3.8) is 0 Å². The van der Waals surface area contributed by atoms with Gasteiger partial charge in [-0.05, 0) is 43.5 Å². The molecule has 2 amide bonds. The average Bonchev–Trinajstić information content (AvgIpc) is 2.68. The van der Waals surface area contributed by atoms with Gasteiger partial charge in [-0.15, -0.1) is 0 Å². The van der Waals surface area contributed by atoms with E-state index in [9.17, 15) is 9.59 Å². The minimum absolute atomic E-state index is 0.147. The standard InChI is InChI=1S/C19H18N4O2/c20-13-15-6-2-3-7-16(15)22-18(24)14-8-9-21-17(12-14)19(25)23-10-4-1-5-11-23/h2-3,6-9,12H,1,4-5,10-11H2,(H,22,24). The van der Waals surface area contributed by atoms with Crippen LogP contribution in [0, 0.1) is 11.3 Å². The predicted molar refractivity (Wildman–Crippen MR) is 93.1 cm³/mol. The van der Waals surface area contributed by atoms with Crippen molar-refractivity contribution in [1.29, 1.82) is 5.26 Å². The molecule has 2 heterocycles. The van der Waals surface area contributed by atoms with E-state index in [0.717, 1.165) is 32.4 Å². The van der Waals surface area contributed by atoms with Gasteiger partial charge in [0, 0.05) is 24.8 Å². The molecule has 1 fully saturated rings. The number of anilines is 1. The van der Waals surface area contributed by atoms with Crippen molar-refractivity contribution in [3.8, 4) is 6.07 Å². The third kappa shape index (κ3) is 3.83. The molecular weight excluding hydrogens is 316 g/mol. The lowest BCUT2D eigenvalue weighted by atomic mass is 10.1. The molecule has 0 bridgehead atoms. The van der Waals surface area contributed by atoms with Crippen LogP contribution in [-0.2, 0) is 0 Å². The molecule has 0 unspecified atom stereocenters. The Kier molecular flexibility index (Phi) is 5.05. The fraction of sp³-hybridized carbons (Fsp3) is 0.263. The molecule has 1 aromatic carbocycles. The molecule has 0 saturated carbocycles. The summed E-state index contributed by atoms with van der Waals surface area (Å²) in [5.74, 6) is -0.524. The van der Waals surface area contributed by atoms with Crippen molar-refractivity contribution in [2.45, 2.75) is 19.3 Å². The predicted octanol–water partition coefficient (Wildman–Crippen LogP) is 2.83. The largest absolute Gasteiger partial charge is 0.337 e. The van der Waals surface area contributed by atoms with E-state index in [0.29, 0.717) is 16.8 Å². The van der Waals surface area contributed by atoms with Gasteiger partial charge in [0.05, 0.1) is 11.3 Å². The number of piperidine rings is 1. The number of pyridine rings is 1. The number of carbonyl (C=O) groups is 2. The van der Waals surface area contributed by atoms with Gasteiger partial charge < -0.3 is 10.2 Å². The summed E-state index contributed by atoms with van der Waals surface area (Å²) in [6, 6.07) is 11.9. The highest BCUT2D eigenvalue weighted by Crippen LogP contribution is 2.16. The van der Waals surface area contributed by atoms with Crippen molar-refractivity contribution in [2.24, 2.45) is 0 Å². The lowest BCUT2D eigenvalue weighted by Gasteiger charge is -2.26. The number of carbonyl (C=O) groups excluding carboxylic acids is 2. The summed E-state index contributed by atoms with van der Waals surface area (Å²) in [5.41, 5.74) is 1.43. The SMILES string of the molecule is N#Cc1ccccc1NC(=O)c1ccnc(C(=O)N2CCCCC2)c1. The molecule has 1 saturated heterocycles. The molecule has 1 N–H and O–H groups in total. The van der Waals surface area contributed by atoms with E-state index in [4.69, 9.17) is 5.26 Å². The molecule has 1 aliphatic heterocycles. The van der Waals surface area contributed by atoms with Crippen LogP contribution in [-0.4, -0.2) is 34.8 Å². The van der Waals surface area contributed by atoms with Gasteiger partial charge in [0.1, 0.15) is 11.8 Å². The highest BCUT2D eigenvalue weighted by Gasteiger charge is 2.20.